The van der Waals surface area contributed by atoms with Crippen LogP contribution in [0.4, 0.5) is 9.18 Å². The van der Waals surface area contributed by atoms with E-state index < -0.39 is 18.2 Å². The van der Waals surface area contributed by atoms with Gasteiger partial charge in [-0.2, -0.15) is 0 Å². The van der Waals surface area contributed by atoms with Crippen molar-refractivity contribution in [1.82, 2.24) is 25.5 Å². The van der Waals surface area contributed by atoms with Crippen molar-refractivity contribution in [2.75, 3.05) is 39.3 Å². The molecule has 0 aliphatic carbocycles. The van der Waals surface area contributed by atoms with Gasteiger partial charge in [-0.25, -0.2) is 9.18 Å². The monoisotopic (exact) mass is 715 g/mol. The zero-order chi connectivity index (χ0) is 36.3. The van der Waals surface area contributed by atoms with Crippen molar-refractivity contribution >= 4 is 17.0 Å². The van der Waals surface area contributed by atoms with Crippen molar-refractivity contribution in [3.05, 3.63) is 99.9 Å². The first-order valence-corrected chi connectivity index (χ1v) is 18.6. The number of ether oxygens (including phenoxy) is 2. The molecule has 278 valence electrons. The molecule has 4 aromatic rings. The van der Waals surface area contributed by atoms with Crippen LogP contribution in [0.3, 0.4) is 0 Å². The standard InChI is InChI=1S/C40H50FN5O6/c41-30-10-8-9-28(21-30)38(45-40(50)52-36-26-46-18-15-27(36)16-19-46)29-22-31(24-43-23-29)51-20-7-5-3-1-2-4-6-17-42-25-35(48)32-11-13-34(47)39-33(32)12-14-37(49)44-39/h8-14,21-24,27,35-36,38,42,47-48H,1-7,15-20,25-26H2,(H,44,49)(H,45,50)/t35-,36-,38?/m0/s1. The number of rotatable bonds is 18. The van der Waals surface area contributed by atoms with Gasteiger partial charge in [-0.05, 0) is 92.7 Å². The lowest BCUT2D eigenvalue weighted by molar-refractivity contribution is -0.0336. The third kappa shape index (κ3) is 10.1. The Kier molecular flexibility index (Phi) is 13.1. The maximum atomic E-state index is 14.2. The van der Waals surface area contributed by atoms with E-state index in [9.17, 15) is 24.2 Å². The molecular weight excluding hydrogens is 665 g/mol. The number of hydrogen-bond acceptors (Lipinski definition) is 9. The van der Waals surface area contributed by atoms with Crippen LogP contribution < -0.4 is 20.9 Å². The molecule has 1 unspecified atom stereocenters. The number of H-pyrrole nitrogens is 1. The molecule has 7 rings (SSSR count). The van der Waals surface area contributed by atoms with Crippen LogP contribution in [-0.2, 0) is 4.74 Å². The Balaban J connectivity index is 0.873. The van der Waals surface area contributed by atoms with E-state index in [1.165, 1.54) is 24.3 Å². The maximum absolute atomic E-state index is 14.2. The van der Waals surface area contributed by atoms with Gasteiger partial charge in [0.05, 0.1) is 30.5 Å². The minimum atomic E-state index is -0.760. The average molecular weight is 716 g/mol. The van der Waals surface area contributed by atoms with Crippen LogP contribution in [0.5, 0.6) is 11.5 Å². The summed E-state index contributed by atoms with van der Waals surface area (Å²) in [5, 5.41) is 27.7. The second-order valence-corrected chi connectivity index (χ2v) is 14.0. The number of phenolic OH excluding ortho intramolecular Hbond substituents is 1. The van der Waals surface area contributed by atoms with Gasteiger partial charge in [0.2, 0.25) is 5.56 Å². The molecule has 3 aliphatic rings. The Morgan fingerprint density at radius 3 is 2.54 bits per heavy atom. The number of aromatic hydroxyl groups is 1. The second kappa shape index (κ2) is 18.3. The summed E-state index contributed by atoms with van der Waals surface area (Å²) in [4.78, 5) is 34.1. The Labute approximate surface area is 303 Å². The van der Waals surface area contributed by atoms with Crippen molar-refractivity contribution in [3.63, 3.8) is 0 Å². The zero-order valence-corrected chi connectivity index (χ0v) is 29.6. The van der Waals surface area contributed by atoms with E-state index in [0.717, 1.165) is 84.0 Å². The molecular formula is C40H50FN5O6. The van der Waals surface area contributed by atoms with E-state index in [1.54, 1.807) is 36.7 Å². The third-order valence-corrected chi connectivity index (χ3v) is 10.2. The highest BCUT2D eigenvalue weighted by Crippen LogP contribution is 2.31. The predicted molar refractivity (Wildman–Crippen MR) is 197 cm³/mol. The molecule has 3 saturated heterocycles. The van der Waals surface area contributed by atoms with Crippen LogP contribution in [-0.4, -0.2) is 76.6 Å². The molecule has 3 atom stereocenters. The Morgan fingerprint density at radius 1 is 0.981 bits per heavy atom. The van der Waals surface area contributed by atoms with Crippen molar-refractivity contribution in [3.8, 4) is 11.5 Å². The zero-order valence-electron chi connectivity index (χ0n) is 29.6. The van der Waals surface area contributed by atoms with E-state index in [1.807, 2.05) is 6.07 Å². The fourth-order valence-electron chi connectivity index (χ4n) is 7.38. The number of aliphatic hydroxyl groups is 1. The largest absolute Gasteiger partial charge is 0.506 e. The number of pyridine rings is 2. The van der Waals surface area contributed by atoms with Gasteiger partial charge in [0.1, 0.15) is 23.4 Å². The van der Waals surface area contributed by atoms with Crippen LogP contribution in [0.25, 0.3) is 10.9 Å². The van der Waals surface area contributed by atoms with Gasteiger partial charge < -0.3 is 35.3 Å². The first-order chi connectivity index (χ1) is 25.3. The summed E-state index contributed by atoms with van der Waals surface area (Å²) in [7, 11) is 0. The number of aromatic nitrogens is 2. The van der Waals surface area contributed by atoms with Crippen LogP contribution in [0.15, 0.2) is 71.8 Å². The SMILES string of the molecule is O=C(NC(c1cccc(F)c1)c1cncc(OCCCCCCCCCNC[C@H](O)c2ccc(O)c3[nH]c(=O)ccc23)c1)O[C@H]1CN2CCC1CC2. The van der Waals surface area contributed by atoms with Crippen molar-refractivity contribution in [2.24, 2.45) is 5.92 Å². The van der Waals surface area contributed by atoms with Crippen molar-refractivity contribution < 1.29 is 28.9 Å². The van der Waals surface area contributed by atoms with E-state index in [4.69, 9.17) is 9.47 Å². The molecule has 1 amide bonds. The van der Waals surface area contributed by atoms with Gasteiger partial charge in [-0.3, -0.25) is 14.7 Å². The highest BCUT2D eigenvalue weighted by atomic mass is 19.1. The number of carbonyl (C=O) groups excluding carboxylic acids is 1. The number of piperidine rings is 3. The van der Waals surface area contributed by atoms with Crippen LogP contribution in [0.2, 0.25) is 0 Å². The number of nitrogens with zero attached hydrogens (tertiary/aromatic N) is 2. The number of carbonyl (C=O) groups is 1. The summed E-state index contributed by atoms with van der Waals surface area (Å²) in [5.41, 5.74) is 1.97. The number of nitrogens with one attached hydrogen (secondary N) is 3. The normalized spacial score (nSPS) is 19.3. The van der Waals surface area contributed by atoms with E-state index in [0.29, 0.717) is 52.4 Å². The van der Waals surface area contributed by atoms with Gasteiger partial charge >= 0.3 is 6.09 Å². The minimum absolute atomic E-state index is 0.0209. The summed E-state index contributed by atoms with van der Waals surface area (Å²) in [6, 6.07) is 13.6. The second-order valence-electron chi connectivity index (χ2n) is 14.0. The number of aromatic amines is 1. The van der Waals surface area contributed by atoms with Crippen LogP contribution >= 0.6 is 0 Å². The van der Waals surface area contributed by atoms with Gasteiger partial charge in [0.25, 0.3) is 0 Å². The van der Waals surface area contributed by atoms with Gasteiger partial charge in [-0.15, -0.1) is 0 Å². The molecule has 0 saturated carbocycles. The number of aliphatic hydroxyl groups excluding tert-OH is 1. The molecule has 2 aromatic carbocycles. The molecule has 52 heavy (non-hydrogen) atoms. The molecule has 2 aromatic heterocycles. The number of unbranched alkanes of at least 4 members (excludes halogenated alkanes) is 6. The van der Waals surface area contributed by atoms with Crippen LogP contribution in [0, 0.1) is 11.7 Å². The maximum Gasteiger partial charge on any atom is 0.408 e. The van der Waals surface area contributed by atoms with Gasteiger partial charge in [0, 0.05) is 36.3 Å². The highest BCUT2D eigenvalue weighted by molar-refractivity contribution is 5.87. The quantitative estimate of drug-likeness (QED) is 0.0770. The average Bonchev–Trinajstić information content (AvgIpc) is 3.15. The lowest BCUT2D eigenvalue weighted by Gasteiger charge is -2.43. The number of hydrogen-bond donors (Lipinski definition) is 5. The fraction of sp³-hybridized carbons (Fsp3) is 0.475. The molecule has 3 fully saturated rings. The number of amides is 1. The summed E-state index contributed by atoms with van der Waals surface area (Å²) < 4.78 is 26.2. The highest BCUT2D eigenvalue weighted by Gasteiger charge is 2.37. The number of fused-ring (bicyclic) bond motifs is 4. The third-order valence-electron chi connectivity index (χ3n) is 10.2. The van der Waals surface area contributed by atoms with Gasteiger partial charge in [0.15, 0.2) is 0 Å². The van der Waals surface area contributed by atoms with E-state index >= 15 is 0 Å². The van der Waals surface area contributed by atoms with Crippen molar-refractivity contribution in [2.45, 2.75) is 76.0 Å². The number of halogens is 1. The molecule has 5 heterocycles. The van der Waals surface area contributed by atoms with Crippen molar-refractivity contribution in [1.29, 1.82) is 0 Å². The smallest absolute Gasteiger partial charge is 0.408 e. The number of phenols is 1. The van der Waals surface area contributed by atoms with Gasteiger partial charge in [-0.1, -0.05) is 50.3 Å². The lowest BCUT2D eigenvalue weighted by atomic mass is 9.86. The van der Waals surface area contributed by atoms with E-state index in [2.05, 4.69) is 25.5 Å². The molecule has 12 heteroatoms. The first kappa shape index (κ1) is 37.2. The fourth-order valence-corrected chi connectivity index (χ4v) is 7.38. The Morgan fingerprint density at radius 2 is 1.77 bits per heavy atom. The lowest BCUT2D eigenvalue weighted by Crippen LogP contribution is -2.52. The van der Waals surface area contributed by atoms with Crippen LogP contribution in [0.1, 0.15) is 86.6 Å². The summed E-state index contributed by atoms with van der Waals surface area (Å²) in [6.07, 6.45) is 11.4. The summed E-state index contributed by atoms with van der Waals surface area (Å²) in [5.74, 6) is 0.571. The summed E-state index contributed by atoms with van der Waals surface area (Å²) >= 11 is 0. The Hall–Kier alpha value is -4.52. The molecule has 0 spiro atoms. The topological polar surface area (TPSA) is 149 Å². The number of benzene rings is 2. The molecule has 5 N–H and O–H groups in total. The van der Waals surface area contributed by atoms with E-state index in [-0.39, 0.29) is 23.2 Å². The predicted octanol–water partition coefficient (Wildman–Crippen LogP) is 6.11. The molecule has 0 radical (unpaired) electrons. The number of alkyl carbamates (subject to hydrolysis) is 1. The minimum Gasteiger partial charge on any atom is -0.506 e. The Bertz CT molecular complexity index is 1830. The summed E-state index contributed by atoms with van der Waals surface area (Å²) in [6.45, 7) is 4.58. The molecule has 11 nitrogen and oxygen atoms in total. The molecule has 3 aliphatic heterocycles. The molecule has 2 bridgehead atoms. The first-order valence-electron chi connectivity index (χ1n) is 18.6.